The number of hydrogen-bond donors (Lipinski definition) is 2. The lowest BCUT2D eigenvalue weighted by Crippen LogP contribution is -2.40. The van der Waals surface area contributed by atoms with Gasteiger partial charge in [0, 0.05) is 41.2 Å². The second-order valence-electron chi connectivity index (χ2n) is 4.69. The van der Waals surface area contributed by atoms with Crippen LogP contribution in [0.3, 0.4) is 0 Å². The highest BCUT2D eigenvalue weighted by molar-refractivity contribution is 7.99. The number of nitrogens with two attached hydrogens (primary N) is 1. The van der Waals surface area contributed by atoms with E-state index < -0.39 is 0 Å². The molecule has 7 heteroatoms. The van der Waals surface area contributed by atoms with Crippen LogP contribution in [-0.4, -0.2) is 40.5 Å². The molecule has 3 rings (SSSR count). The summed E-state index contributed by atoms with van der Waals surface area (Å²) in [5.41, 5.74) is 8.25. The first-order valence-electron chi connectivity index (χ1n) is 6.67. The number of carbonyl (C=O) groups is 1. The van der Waals surface area contributed by atoms with Gasteiger partial charge < -0.3 is 10.6 Å². The maximum atomic E-state index is 12.1. The van der Waals surface area contributed by atoms with Crippen molar-refractivity contribution < 1.29 is 4.79 Å². The average Bonchev–Trinajstić information content (AvgIpc) is 2.97. The fraction of sp³-hybridized carbons (Fsp3) is 0.286. The number of benzene rings is 1. The van der Waals surface area contributed by atoms with Gasteiger partial charge in [-0.3, -0.25) is 5.32 Å². The number of nitrogens with zero attached hydrogens (tertiary/aromatic N) is 2. The number of amides is 2. The molecular formula is C14H16N4OS2. The van der Waals surface area contributed by atoms with E-state index in [1.165, 1.54) is 11.3 Å². The first kappa shape index (κ1) is 14.2. The lowest BCUT2D eigenvalue weighted by molar-refractivity contribution is 0.217. The molecule has 0 bridgehead atoms. The number of carbonyl (C=O) groups excluding carboxylic acids is 1. The van der Waals surface area contributed by atoms with Crippen LogP contribution in [0.2, 0.25) is 0 Å². The lowest BCUT2D eigenvalue weighted by atomic mass is 10.1. The van der Waals surface area contributed by atoms with Crippen LogP contribution < -0.4 is 11.1 Å². The van der Waals surface area contributed by atoms with E-state index in [9.17, 15) is 4.79 Å². The Labute approximate surface area is 131 Å². The Hall–Kier alpha value is -1.73. The number of thioether (sulfide) groups is 1. The molecule has 1 aliphatic rings. The molecule has 21 heavy (non-hydrogen) atoms. The number of nitrogen functional groups attached to an aromatic ring is 1. The number of hydrogen-bond acceptors (Lipinski definition) is 5. The van der Waals surface area contributed by atoms with E-state index in [2.05, 4.69) is 10.3 Å². The van der Waals surface area contributed by atoms with Crippen molar-refractivity contribution in [3.63, 3.8) is 0 Å². The maximum absolute atomic E-state index is 12.1. The summed E-state index contributed by atoms with van der Waals surface area (Å²) in [5, 5.41) is 5.44. The zero-order chi connectivity index (χ0) is 14.7. The molecule has 110 valence electrons. The van der Waals surface area contributed by atoms with Gasteiger partial charge in [0.25, 0.3) is 0 Å². The van der Waals surface area contributed by atoms with Gasteiger partial charge in [-0.15, -0.1) is 11.3 Å². The highest BCUT2D eigenvalue weighted by Gasteiger charge is 2.17. The van der Waals surface area contributed by atoms with Gasteiger partial charge >= 0.3 is 6.03 Å². The van der Waals surface area contributed by atoms with Crippen LogP contribution in [-0.2, 0) is 0 Å². The van der Waals surface area contributed by atoms with Crippen molar-refractivity contribution >= 4 is 39.9 Å². The van der Waals surface area contributed by atoms with E-state index >= 15 is 0 Å². The Balaban J connectivity index is 1.67. The number of nitrogens with one attached hydrogen (secondary N) is 1. The van der Waals surface area contributed by atoms with Crippen molar-refractivity contribution in [3.05, 3.63) is 29.6 Å². The van der Waals surface area contributed by atoms with E-state index in [0.29, 0.717) is 5.13 Å². The molecule has 1 saturated heterocycles. The molecule has 0 atom stereocenters. The van der Waals surface area contributed by atoms with E-state index in [-0.39, 0.29) is 6.03 Å². The lowest BCUT2D eigenvalue weighted by Gasteiger charge is -2.25. The van der Waals surface area contributed by atoms with Crippen LogP contribution in [0.1, 0.15) is 0 Å². The molecule has 5 nitrogen and oxygen atoms in total. The van der Waals surface area contributed by atoms with Crippen LogP contribution in [0.4, 0.5) is 15.6 Å². The first-order valence-corrected chi connectivity index (χ1v) is 8.71. The summed E-state index contributed by atoms with van der Waals surface area (Å²) in [6.07, 6.45) is 0. The van der Waals surface area contributed by atoms with E-state index in [0.717, 1.165) is 41.5 Å². The summed E-state index contributed by atoms with van der Waals surface area (Å²) in [7, 11) is 0. The molecule has 0 saturated carbocycles. The number of aromatic nitrogens is 1. The Morgan fingerprint density at radius 2 is 1.95 bits per heavy atom. The standard InChI is InChI=1S/C14H16N4OS2/c15-11-3-1-10(2-4-11)12-9-21-13(16-12)17-14(19)18-5-7-20-8-6-18/h1-4,9H,5-8,15H2,(H,16,17,19). The summed E-state index contributed by atoms with van der Waals surface area (Å²) in [4.78, 5) is 18.4. The molecule has 0 spiro atoms. The number of rotatable bonds is 2. The normalized spacial score (nSPS) is 15.0. The van der Waals surface area contributed by atoms with Gasteiger partial charge in [0.05, 0.1) is 5.69 Å². The van der Waals surface area contributed by atoms with Crippen LogP contribution in [0.25, 0.3) is 11.3 Å². The van der Waals surface area contributed by atoms with E-state index in [4.69, 9.17) is 5.73 Å². The predicted octanol–water partition coefficient (Wildman–Crippen LogP) is 2.97. The van der Waals surface area contributed by atoms with Crippen molar-refractivity contribution in [2.75, 3.05) is 35.6 Å². The first-order chi connectivity index (χ1) is 10.2. The fourth-order valence-corrected chi connectivity index (χ4v) is 3.67. The van der Waals surface area contributed by atoms with Gasteiger partial charge in [-0.05, 0) is 12.1 Å². The molecule has 1 aliphatic heterocycles. The molecule has 0 unspecified atom stereocenters. The van der Waals surface area contributed by atoms with Gasteiger partial charge in [-0.1, -0.05) is 12.1 Å². The molecule has 2 amide bonds. The van der Waals surface area contributed by atoms with Crippen molar-refractivity contribution in [1.82, 2.24) is 9.88 Å². The topological polar surface area (TPSA) is 71.2 Å². The van der Waals surface area contributed by atoms with Crippen molar-refractivity contribution in [2.45, 2.75) is 0 Å². The Bertz CT molecular complexity index is 620. The van der Waals surface area contributed by atoms with Crippen molar-refractivity contribution in [3.8, 4) is 11.3 Å². The summed E-state index contributed by atoms with van der Waals surface area (Å²) in [6.45, 7) is 1.60. The Morgan fingerprint density at radius 1 is 1.24 bits per heavy atom. The van der Waals surface area contributed by atoms with Crippen LogP contribution in [0, 0.1) is 0 Å². The molecule has 1 fully saturated rings. The average molecular weight is 320 g/mol. The molecule has 1 aromatic carbocycles. The van der Waals surface area contributed by atoms with Crippen LogP contribution >= 0.6 is 23.1 Å². The quantitative estimate of drug-likeness (QED) is 0.835. The van der Waals surface area contributed by atoms with Gasteiger partial charge in [-0.2, -0.15) is 11.8 Å². The smallest absolute Gasteiger partial charge is 0.323 e. The van der Waals surface area contributed by atoms with Crippen LogP contribution in [0.15, 0.2) is 29.6 Å². The van der Waals surface area contributed by atoms with Gasteiger partial charge in [0.15, 0.2) is 5.13 Å². The molecule has 3 N–H and O–H groups in total. The molecule has 2 heterocycles. The molecule has 0 aliphatic carbocycles. The van der Waals surface area contributed by atoms with E-state index in [1.807, 2.05) is 46.3 Å². The summed E-state index contributed by atoms with van der Waals surface area (Å²) in [5.74, 6) is 2.00. The number of urea groups is 1. The minimum absolute atomic E-state index is 0.0616. The van der Waals surface area contributed by atoms with E-state index in [1.54, 1.807) is 0 Å². The maximum Gasteiger partial charge on any atom is 0.323 e. The monoisotopic (exact) mass is 320 g/mol. The SMILES string of the molecule is Nc1ccc(-c2csc(NC(=O)N3CCSCC3)n2)cc1. The van der Waals surface area contributed by atoms with Crippen molar-refractivity contribution in [1.29, 1.82) is 0 Å². The van der Waals surface area contributed by atoms with Gasteiger partial charge in [0.2, 0.25) is 0 Å². The largest absolute Gasteiger partial charge is 0.399 e. The third-order valence-electron chi connectivity index (χ3n) is 3.22. The predicted molar refractivity (Wildman–Crippen MR) is 89.9 cm³/mol. The van der Waals surface area contributed by atoms with Gasteiger partial charge in [0.1, 0.15) is 0 Å². The summed E-state index contributed by atoms with van der Waals surface area (Å²) >= 11 is 3.31. The zero-order valence-electron chi connectivity index (χ0n) is 11.4. The van der Waals surface area contributed by atoms with Gasteiger partial charge in [-0.25, -0.2) is 9.78 Å². The third-order valence-corrected chi connectivity index (χ3v) is 4.92. The number of thiazole rings is 1. The highest BCUT2D eigenvalue weighted by atomic mass is 32.2. The second kappa shape index (κ2) is 6.36. The van der Waals surface area contributed by atoms with Crippen LogP contribution in [0.5, 0.6) is 0 Å². The minimum atomic E-state index is -0.0616. The summed E-state index contributed by atoms with van der Waals surface area (Å²) in [6, 6.07) is 7.49. The zero-order valence-corrected chi connectivity index (χ0v) is 13.0. The second-order valence-corrected chi connectivity index (χ2v) is 6.77. The third kappa shape index (κ3) is 3.48. The number of anilines is 2. The Morgan fingerprint density at radius 3 is 2.67 bits per heavy atom. The molecule has 1 aromatic heterocycles. The summed E-state index contributed by atoms with van der Waals surface area (Å²) < 4.78 is 0. The Kier molecular flexibility index (Phi) is 4.31. The van der Waals surface area contributed by atoms with Crippen molar-refractivity contribution in [2.24, 2.45) is 0 Å². The molecule has 2 aromatic rings. The molecule has 0 radical (unpaired) electrons. The highest BCUT2D eigenvalue weighted by Crippen LogP contribution is 2.25. The molecular weight excluding hydrogens is 304 g/mol. The fourth-order valence-electron chi connectivity index (χ4n) is 2.05. The minimum Gasteiger partial charge on any atom is -0.399 e.